The summed E-state index contributed by atoms with van der Waals surface area (Å²) in [6, 6.07) is 63.6. The SMILES string of the molecule is C1=C(c2cccc([Si](c3ccccc3)(c3ccccc3)c3ccccc3)c2)NC(n2c3ccccc3c3c4oc5ccccc5c4ccc32)=NC1. The number of aromatic nitrogens is 1. The molecule has 0 bridgehead atoms. The smallest absolute Gasteiger partial charge is 0.208 e. The zero-order valence-electron chi connectivity index (χ0n) is 27.8. The van der Waals surface area contributed by atoms with Crippen LogP contribution < -0.4 is 26.1 Å². The number of hydrogen-bond acceptors (Lipinski definition) is 3. The molecule has 0 radical (unpaired) electrons. The van der Waals surface area contributed by atoms with E-state index in [1.807, 2.05) is 12.1 Å². The molecule has 0 aliphatic carbocycles. The number of rotatable bonds is 5. The fourth-order valence-corrected chi connectivity index (χ4v) is 13.0. The largest absolute Gasteiger partial charge is 0.455 e. The Labute approximate surface area is 296 Å². The summed E-state index contributed by atoms with van der Waals surface area (Å²) in [6.45, 7) is 0.571. The van der Waals surface area contributed by atoms with E-state index in [0.717, 1.165) is 61.0 Å². The van der Waals surface area contributed by atoms with Crippen LogP contribution in [-0.4, -0.2) is 25.1 Å². The first kappa shape index (κ1) is 29.5. The predicted molar refractivity (Wildman–Crippen MR) is 216 cm³/mol. The highest BCUT2D eigenvalue weighted by Crippen LogP contribution is 2.39. The minimum absolute atomic E-state index is 0.571. The van der Waals surface area contributed by atoms with E-state index in [1.54, 1.807) is 0 Å². The second-order valence-electron chi connectivity index (χ2n) is 13.1. The number of furan rings is 1. The highest BCUT2D eigenvalue weighted by Gasteiger charge is 2.41. The Morgan fingerprint density at radius 1 is 0.529 bits per heavy atom. The molecule has 0 spiro atoms. The molecule has 0 saturated carbocycles. The van der Waals surface area contributed by atoms with Gasteiger partial charge in [0.2, 0.25) is 5.96 Å². The molecule has 0 unspecified atom stereocenters. The highest BCUT2D eigenvalue weighted by molar-refractivity contribution is 7.19. The van der Waals surface area contributed by atoms with Gasteiger partial charge in [0.05, 0.1) is 23.0 Å². The van der Waals surface area contributed by atoms with Crippen LogP contribution in [0.4, 0.5) is 0 Å². The third kappa shape index (κ3) is 4.55. The molecule has 242 valence electrons. The van der Waals surface area contributed by atoms with Crippen LogP contribution in [0.3, 0.4) is 0 Å². The van der Waals surface area contributed by atoms with E-state index >= 15 is 0 Å². The van der Waals surface area contributed by atoms with Crippen molar-refractivity contribution >= 4 is 84.2 Å². The van der Waals surface area contributed by atoms with Crippen LogP contribution >= 0.6 is 0 Å². The second kappa shape index (κ2) is 11.9. The van der Waals surface area contributed by atoms with Gasteiger partial charge >= 0.3 is 0 Å². The third-order valence-electron chi connectivity index (χ3n) is 10.4. The molecule has 2 aromatic heterocycles. The fraction of sp³-hybridized carbons (Fsp3) is 0.0217. The van der Waals surface area contributed by atoms with Crippen LogP contribution in [-0.2, 0) is 0 Å². The molecule has 0 fully saturated rings. The Morgan fingerprint density at radius 3 is 1.84 bits per heavy atom. The summed E-state index contributed by atoms with van der Waals surface area (Å²) < 4.78 is 8.79. The summed E-state index contributed by atoms with van der Waals surface area (Å²) in [7, 11) is -2.68. The van der Waals surface area contributed by atoms with Crippen molar-refractivity contribution in [3.05, 3.63) is 188 Å². The maximum Gasteiger partial charge on any atom is 0.208 e. The van der Waals surface area contributed by atoms with E-state index in [9.17, 15) is 0 Å². The van der Waals surface area contributed by atoms with Crippen LogP contribution in [0.5, 0.6) is 0 Å². The van der Waals surface area contributed by atoms with Crippen molar-refractivity contribution in [2.24, 2.45) is 4.99 Å². The molecule has 7 aromatic carbocycles. The molecular formula is C46H33N3OSi. The van der Waals surface area contributed by atoms with Gasteiger partial charge in [-0.15, -0.1) is 0 Å². The predicted octanol–water partition coefficient (Wildman–Crippen LogP) is 7.92. The Morgan fingerprint density at radius 2 is 1.14 bits per heavy atom. The lowest BCUT2D eigenvalue weighted by atomic mass is 10.1. The summed E-state index contributed by atoms with van der Waals surface area (Å²) >= 11 is 0. The molecule has 1 N–H and O–H groups in total. The monoisotopic (exact) mass is 671 g/mol. The van der Waals surface area contributed by atoms with Crippen molar-refractivity contribution in [1.82, 2.24) is 9.88 Å². The summed E-state index contributed by atoms with van der Waals surface area (Å²) in [5.74, 6) is 0.803. The normalized spacial score (nSPS) is 13.4. The molecule has 9 aromatic rings. The van der Waals surface area contributed by atoms with Crippen LogP contribution in [0.1, 0.15) is 5.56 Å². The first-order valence-corrected chi connectivity index (χ1v) is 19.4. The molecule has 10 rings (SSSR count). The minimum atomic E-state index is -2.68. The lowest BCUT2D eigenvalue weighted by molar-refractivity contribution is 0.673. The topological polar surface area (TPSA) is 42.5 Å². The lowest BCUT2D eigenvalue weighted by Gasteiger charge is -2.34. The molecule has 0 saturated heterocycles. The quantitative estimate of drug-likeness (QED) is 0.149. The van der Waals surface area contributed by atoms with Gasteiger partial charge in [0.25, 0.3) is 0 Å². The molecule has 5 heteroatoms. The molecule has 1 aliphatic heterocycles. The van der Waals surface area contributed by atoms with Gasteiger partial charge in [-0.05, 0) is 56.7 Å². The van der Waals surface area contributed by atoms with Crippen LogP contribution in [0.15, 0.2) is 191 Å². The maximum atomic E-state index is 6.54. The second-order valence-corrected chi connectivity index (χ2v) is 16.9. The highest BCUT2D eigenvalue weighted by atomic mass is 28.3. The molecule has 51 heavy (non-hydrogen) atoms. The molecule has 0 atom stereocenters. The number of nitrogens with one attached hydrogen (secondary N) is 1. The lowest BCUT2D eigenvalue weighted by Crippen LogP contribution is -2.74. The molecule has 0 amide bonds. The summed E-state index contributed by atoms with van der Waals surface area (Å²) in [5, 5.41) is 13.7. The van der Waals surface area contributed by atoms with E-state index in [-0.39, 0.29) is 0 Å². The van der Waals surface area contributed by atoms with Crippen molar-refractivity contribution in [3.63, 3.8) is 0 Å². The van der Waals surface area contributed by atoms with Gasteiger partial charge in [-0.3, -0.25) is 4.57 Å². The van der Waals surface area contributed by atoms with Crippen LogP contribution in [0, 0.1) is 0 Å². The van der Waals surface area contributed by atoms with Gasteiger partial charge in [0, 0.05) is 21.9 Å². The Kier molecular flexibility index (Phi) is 6.86. The average molecular weight is 672 g/mol. The van der Waals surface area contributed by atoms with Gasteiger partial charge in [0.1, 0.15) is 11.2 Å². The van der Waals surface area contributed by atoms with E-state index in [0.29, 0.717) is 6.54 Å². The standard InChI is InChI=1S/C46H33N3OSi/c1-4-16-33(17-5-1)51(34-18-6-2-7-19-34,35-20-8-3-9-21-35)36-22-14-15-32(31-36)40-29-30-47-46(48-40)49-41-25-12-10-24-39(41)44-42(49)28-27-38-37-23-11-13-26-43(37)50-45(38)44/h1-29,31H,30H2,(H,47,48). The number of nitrogens with zero attached hydrogens (tertiary/aromatic N) is 2. The number of fused-ring (bicyclic) bond motifs is 7. The van der Waals surface area contributed by atoms with E-state index in [2.05, 4.69) is 180 Å². The van der Waals surface area contributed by atoms with Crippen molar-refractivity contribution in [3.8, 4) is 0 Å². The summed E-state index contributed by atoms with van der Waals surface area (Å²) in [6.07, 6.45) is 2.20. The average Bonchev–Trinajstić information content (AvgIpc) is 3.76. The van der Waals surface area contributed by atoms with Gasteiger partial charge in [-0.1, -0.05) is 152 Å². The minimum Gasteiger partial charge on any atom is -0.455 e. The molecule has 4 nitrogen and oxygen atoms in total. The van der Waals surface area contributed by atoms with Gasteiger partial charge in [-0.25, -0.2) is 4.99 Å². The van der Waals surface area contributed by atoms with Crippen molar-refractivity contribution in [2.45, 2.75) is 0 Å². The van der Waals surface area contributed by atoms with Crippen molar-refractivity contribution in [1.29, 1.82) is 0 Å². The first-order valence-electron chi connectivity index (χ1n) is 17.4. The van der Waals surface area contributed by atoms with Gasteiger partial charge in [0.15, 0.2) is 8.07 Å². The van der Waals surface area contributed by atoms with Crippen molar-refractivity contribution < 1.29 is 4.42 Å². The van der Waals surface area contributed by atoms with E-state index in [1.165, 1.54) is 20.7 Å². The van der Waals surface area contributed by atoms with E-state index < -0.39 is 8.07 Å². The maximum absolute atomic E-state index is 6.54. The molecule has 3 heterocycles. The molecular weight excluding hydrogens is 639 g/mol. The summed E-state index contributed by atoms with van der Waals surface area (Å²) in [5.41, 5.74) is 6.15. The Balaban J connectivity index is 1.12. The zero-order valence-corrected chi connectivity index (χ0v) is 28.8. The number of para-hydroxylation sites is 2. The van der Waals surface area contributed by atoms with Gasteiger partial charge in [-0.2, -0.15) is 0 Å². The number of hydrogen-bond donors (Lipinski definition) is 1. The number of aliphatic imine (C=N–C) groups is 1. The Bertz CT molecular complexity index is 2700. The van der Waals surface area contributed by atoms with E-state index in [4.69, 9.17) is 9.41 Å². The van der Waals surface area contributed by atoms with Crippen LogP contribution in [0.2, 0.25) is 0 Å². The van der Waals surface area contributed by atoms with Crippen molar-refractivity contribution in [2.75, 3.05) is 6.54 Å². The fourth-order valence-electron chi connectivity index (χ4n) is 8.20. The zero-order chi connectivity index (χ0) is 33.8. The Hall–Kier alpha value is -6.43. The number of benzene rings is 7. The first-order chi connectivity index (χ1) is 25.3. The van der Waals surface area contributed by atoms with Crippen LogP contribution in [0.25, 0.3) is 49.4 Å². The summed E-state index contributed by atoms with van der Waals surface area (Å²) in [4.78, 5) is 5.05. The van der Waals surface area contributed by atoms with Gasteiger partial charge < -0.3 is 9.73 Å². The third-order valence-corrected chi connectivity index (χ3v) is 15.2. The molecule has 1 aliphatic rings.